The summed E-state index contributed by atoms with van der Waals surface area (Å²) in [4.78, 5) is 27.8. The van der Waals surface area contributed by atoms with Crippen molar-refractivity contribution < 1.29 is 28.6 Å². The molecule has 1 spiro atoms. The van der Waals surface area contributed by atoms with Crippen LogP contribution in [0.5, 0.6) is 0 Å². The number of carbonyl (C=O) groups is 2. The Hall–Kier alpha value is -2.93. The molecule has 4 rings (SSSR count). The molecule has 10 nitrogen and oxygen atoms in total. The number of benzene rings is 1. The molecular formula is C26H36FN5O5Si. The van der Waals surface area contributed by atoms with E-state index >= 15 is 4.11 Å². The largest absolute Gasteiger partial charge is 0.396 e. The Morgan fingerprint density at radius 3 is 2.79 bits per heavy atom. The van der Waals surface area contributed by atoms with Crippen LogP contribution in [0.15, 0.2) is 37.1 Å². The lowest BCUT2D eigenvalue weighted by atomic mass is 9.82. The van der Waals surface area contributed by atoms with E-state index in [0.29, 0.717) is 42.0 Å². The number of nitrogens with zero attached hydrogens (tertiary/aromatic N) is 4. The second kappa shape index (κ2) is 10.7. The summed E-state index contributed by atoms with van der Waals surface area (Å²) in [6, 6.07) is 5.09. The molecular weight excluding hydrogens is 509 g/mol. The molecule has 0 radical (unpaired) electrons. The maximum atomic E-state index is 15.9. The number of hydrogen-bond donors (Lipinski definition) is 3. The minimum Gasteiger partial charge on any atom is -0.396 e. The van der Waals surface area contributed by atoms with E-state index in [1.165, 1.54) is 6.92 Å². The molecule has 2 aliphatic rings. The van der Waals surface area contributed by atoms with E-state index in [2.05, 4.69) is 22.2 Å². The van der Waals surface area contributed by atoms with Crippen LogP contribution in [0, 0.1) is 5.92 Å². The molecule has 3 N–H and O–H groups in total. The summed E-state index contributed by atoms with van der Waals surface area (Å²) in [5, 5.41) is 29.6. The van der Waals surface area contributed by atoms with Gasteiger partial charge in [0.25, 0.3) is 11.8 Å². The number of aromatic nitrogens is 3. The van der Waals surface area contributed by atoms with Crippen molar-refractivity contribution in [2.24, 2.45) is 5.92 Å². The fraction of sp³-hybridized carbons (Fsp3) is 0.538. The monoisotopic (exact) mass is 545 g/mol. The van der Waals surface area contributed by atoms with Gasteiger partial charge in [-0.05, 0) is 44.6 Å². The lowest BCUT2D eigenvalue weighted by molar-refractivity contribution is -0.145. The van der Waals surface area contributed by atoms with Crippen molar-refractivity contribution in [2.75, 3.05) is 23.4 Å². The zero-order valence-corrected chi connectivity index (χ0v) is 23.2. The first-order valence-electron chi connectivity index (χ1n) is 12.9. The van der Waals surface area contributed by atoms with Crippen molar-refractivity contribution in [3.63, 3.8) is 0 Å². The van der Waals surface area contributed by atoms with Crippen molar-refractivity contribution in [3.05, 3.63) is 48.3 Å². The van der Waals surface area contributed by atoms with Crippen LogP contribution in [0.4, 0.5) is 15.5 Å². The Bertz CT molecular complexity index is 1210. The SMILES string of the molecule is C=CCN1C(=O)[C@@]2(O[C@@H](CCn3cc(CCO)nn3)[C@H]([Si](C)(C)F)[C@H]2C)c2cc(NC(=O)[C@H](C)O)ccc21. The van der Waals surface area contributed by atoms with Gasteiger partial charge in [-0.25, -0.2) is 0 Å². The third-order valence-corrected chi connectivity index (χ3v) is 9.97. The predicted molar refractivity (Wildman–Crippen MR) is 143 cm³/mol. The number of ether oxygens (including phenoxy) is 1. The van der Waals surface area contributed by atoms with Gasteiger partial charge in [0.05, 0.1) is 17.5 Å². The van der Waals surface area contributed by atoms with E-state index < -0.39 is 43.6 Å². The molecule has 0 saturated carbocycles. The highest BCUT2D eigenvalue weighted by molar-refractivity contribution is 6.72. The van der Waals surface area contributed by atoms with Crippen molar-refractivity contribution in [3.8, 4) is 0 Å². The van der Waals surface area contributed by atoms with Crippen LogP contribution in [-0.2, 0) is 32.9 Å². The van der Waals surface area contributed by atoms with Crippen molar-refractivity contribution in [1.29, 1.82) is 0 Å². The average molecular weight is 546 g/mol. The second-order valence-corrected chi connectivity index (χ2v) is 14.4. The van der Waals surface area contributed by atoms with Gasteiger partial charge >= 0.3 is 0 Å². The molecule has 206 valence electrons. The summed E-state index contributed by atoms with van der Waals surface area (Å²) in [6.07, 6.45) is 2.42. The fourth-order valence-corrected chi connectivity index (χ4v) is 8.43. The molecule has 0 aliphatic carbocycles. The summed E-state index contributed by atoms with van der Waals surface area (Å²) in [6.45, 7) is 10.9. The van der Waals surface area contributed by atoms with Gasteiger partial charge in [-0.3, -0.25) is 14.3 Å². The Morgan fingerprint density at radius 2 is 2.16 bits per heavy atom. The summed E-state index contributed by atoms with van der Waals surface area (Å²) in [7, 11) is -3.33. The Morgan fingerprint density at radius 1 is 1.42 bits per heavy atom. The number of hydrogen-bond acceptors (Lipinski definition) is 7. The highest BCUT2D eigenvalue weighted by Gasteiger charge is 2.66. The molecule has 2 amide bonds. The van der Waals surface area contributed by atoms with Crippen LogP contribution in [-0.4, -0.2) is 70.8 Å². The first-order chi connectivity index (χ1) is 17.9. The van der Waals surface area contributed by atoms with E-state index in [0.717, 1.165) is 0 Å². The van der Waals surface area contributed by atoms with E-state index in [1.54, 1.807) is 53.1 Å². The minimum atomic E-state index is -3.33. The number of aliphatic hydroxyl groups is 2. The van der Waals surface area contributed by atoms with Crippen LogP contribution in [0.3, 0.4) is 0 Å². The zero-order chi connectivity index (χ0) is 27.8. The van der Waals surface area contributed by atoms with E-state index in [9.17, 15) is 14.7 Å². The number of halogens is 1. The summed E-state index contributed by atoms with van der Waals surface area (Å²) in [5.74, 6) is -1.34. The highest BCUT2D eigenvalue weighted by atomic mass is 28.4. The molecule has 1 saturated heterocycles. The zero-order valence-electron chi connectivity index (χ0n) is 22.2. The molecule has 1 fully saturated rings. The average Bonchev–Trinajstić information content (AvgIpc) is 3.48. The normalized spacial score (nSPS) is 25.6. The van der Waals surface area contributed by atoms with Gasteiger partial charge in [0.2, 0.25) is 8.41 Å². The Kier molecular flexibility index (Phi) is 7.89. The van der Waals surface area contributed by atoms with Crippen LogP contribution >= 0.6 is 0 Å². The number of rotatable bonds is 10. The quantitative estimate of drug-likeness (QED) is 0.238. The third kappa shape index (κ3) is 4.93. The van der Waals surface area contributed by atoms with Crippen LogP contribution in [0.1, 0.15) is 31.5 Å². The predicted octanol–water partition coefficient (Wildman–Crippen LogP) is 2.53. The molecule has 1 aromatic heterocycles. The molecule has 12 heteroatoms. The van der Waals surface area contributed by atoms with Crippen molar-refractivity contribution >= 4 is 31.6 Å². The maximum absolute atomic E-state index is 15.9. The van der Waals surface area contributed by atoms with Gasteiger partial charge < -0.3 is 29.3 Å². The molecule has 2 aliphatic heterocycles. The van der Waals surface area contributed by atoms with Crippen LogP contribution < -0.4 is 10.2 Å². The lowest BCUT2D eigenvalue weighted by Gasteiger charge is -2.31. The Balaban J connectivity index is 1.73. The van der Waals surface area contributed by atoms with Gasteiger partial charge in [0.15, 0.2) is 5.60 Å². The minimum absolute atomic E-state index is 0.0312. The first-order valence-corrected chi connectivity index (χ1v) is 15.8. The number of aliphatic hydroxyl groups excluding tert-OH is 2. The van der Waals surface area contributed by atoms with Gasteiger partial charge in [0, 0.05) is 55.0 Å². The number of fused-ring (bicyclic) bond motifs is 2. The standard InChI is InChI=1S/C26H36FN5O5Si/c1-6-11-32-21-8-7-18(28-24(35)17(3)34)14-20(21)26(25(32)36)16(2)23(38(4,5)27)22(37-26)9-12-31-15-19(10-13-33)29-30-31/h6-8,14-17,22-23,33-34H,1,9-13H2,2-5H3,(H,28,35)/t16-,17+,22+,23-,26+/m1/s1. The number of anilines is 2. The molecule has 0 unspecified atom stereocenters. The maximum Gasteiger partial charge on any atom is 0.264 e. The number of aryl methyl sites for hydroxylation is 1. The summed E-state index contributed by atoms with van der Waals surface area (Å²) >= 11 is 0. The molecule has 2 aromatic rings. The number of carbonyl (C=O) groups excluding carboxylic acids is 2. The van der Waals surface area contributed by atoms with Crippen molar-refractivity contribution in [1.82, 2.24) is 15.0 Å². The van der Waals surface area contributed by atoms with Gasteiger partial charge in [-0.1, -0.05) is 18.2 Å². The second-order valence-electron chi connectivity index (χ2n) is 10.6. The molecule has 0 bridgehead atoms. The number of nitrogens with one attached hydrogen (secondary N) is 1. The molecule has 3 heterocycles. The topological polar surface area (TPSA) is 130 Å². The Labute approximate surface area is 222 Å². The van der Waals surface area contributed by atoms with E-state index in [-0.39, 0.29) is 19.1 Å². The summed E-state index contributed by atoms with van der Waals surface area (Å²) < 4.78 is 24.2. The molecule has 38 heavy (non-hydrogen) atoms. The fourth-order valence-electron chi connectivity index (χ4n) is 5.89. The van der Waals surface area contributed by atoms with E-state index in [4.69, 9.17) is 9.84 Å². The van der Waals surface area contributed by atoms with Crippen LogP contribution in [0.25, 0.3) is 0 Å². The lowest BCUT2D eigenvalue weighted by Crippen LogP contribution is -2.45. The summed E-state index contributed by atoms with van der Waals surface area (Å²) in [5.41, 5.74) is 0.345. The number of amides is 2. The highest BCUT2D eigenvalue weighted by Crippen LogP contribution is 2.60. The van der Waals surface area contributed by atoms with Gasteiger partial charge in [0.1, 0.15) is 6.10 Å². The van der Waals surface area contributed by atoms with Gasteiger partial charge in [-0.15, -0.1) is 11.7 Å². The van der Waals surface area contributed by atoms with Crippen molar-refractivity contribution in [2.45, 2.75) is 69.7 Å². The molecule has 1 aromatic carbocycles. The van der Waals surface area contributed by atoms with Crippen LogP contribution in [0.2, 0.25) is 18.6 Å². The molecule has 5 atom stereocenters. The van der Waals surface area contributed by atoms with E-state index in [1.807, 2.05) is 6.92 Å². The van der Waals surface area contributed by atoms with Gasteiger partial charge in [-0.2, -0.15) is 0 Å². The smallest absolute Gasteiger partial charge is 0.264 e. The first kappa shape index (κ1) is 28.1. The third-order valence-electron chi connectivity index (χ3n) is 7.52.